The predicted octanol–water partition coefficient (Wildman–Crippen LogP) is 3.19. The monoisotopic (exact) mass is 458 g/mol. The van der Waals surface area contributed by atoms with Crippen LogP contribution in [0.4, 0.5) is 13.2 Å². The van der Waals surface area contributed by atoms with Gasteiger partial charge in [-0.1, -0.05) is 13.0 Å². The first kappa shape index (κ1) is 20.8. The minimum Gasteiger partial charge on any atom is -0.468 e. The van der Waals surface area contributed by atoms with E-state index >= 15 is 0 Å². The number of pyridine rings is 1. The highest BCUT2D eigenvalue weighted by Gasteiger charge is 2.28. The number of nitrogens with zero attached hydrogens (tertiary/aromatic N) is 3. The molecule has 2 N–H and O–H groups in total. The average molecular weight is 458 g/mol. The highest BCUT2D eigenvalue weighted by Crippen LogP contribution is 2.17. The van der Waals surface area contributed by atoms with E-state index in [0.29, 0.717) is 18.4 Å². The molecule has 136 valence electrons. The first-order chi connectivity index (χ1) is 10.8. The molecular formula is C15H22F3IN4O. The van der Waals surface area contributed by atoms with E-state index in [4.69, 9.17) is 5.73 Å². The summed E-state index contributed by atoms with van der Waals surface area (Å²) < 4.78 is 40.7. The van der Waals surface area contributed by atoms with Crippen LogP contribution in [0.1, 0.15) is 25.3 Å². The van der Waals surface area contributed by atoms with Crippen LogP contribution in [-0.4, -0.2) is 41.7 Å². The van der Waals surface area contributed by atoms with Gasteiger partial charge in [-0.2, -0.15) is 13.2 Å². The van der Waals surface area contributed by atoms with Gasteiger partial charge in [0.05, 0.1) is 6.54 Å². The van der Waals surface area contributed by atoms with Crippen LogP contribution in [0.2, 0.25) is 0 Å². The van der Waals surface area contributed by atoms with Gasteiger partial charge in [0.15, 0.2) is 12.6 Å². The molecule has 0 amide bonds. The number of nitrogens with two attached hydrogens (primary N) is 1. The number of rotatable bonds is 4. The lowest BCUT2D eigenvalue weighted by atomic mass is 10.0. The fourth-order valence-electron chi connectivity index (χ4n) is 2.42. The smallest absolute Gasteiger partial charge is 0.422 e. The molecule has 0 bridgehead atoms. The Morgan fingerprint density at radius 3 is 2.79 bits per heavy atom. The molecule has 0 aromatic carbocycles. The van der Waals surface area contributed by atoms with Crippen LogP contribution >= 0.6 is 24.0 Å². The van der Waals surface area contributed by atoms with Gasteiger partial charge in [0.2, 0.25) is 5.88 Å². The van der Waals surface area contributed by atoms with E-state index in [2.05, 4.69) is 26.5 Å². The van der Waals surface area contributed by atoms with Crippen molar-refractivity contribution < 1.29 is 17.9 Å². The Kier molecular flexibility index (Phi) is 8.04. The van der Waals surface area contributed by atoms with Crippen LogP contribution in [0.3, 0.4) is 0 Å². The molecule has 1 fully saturated rings. The maximum Gasteiger partial charge on any atom is 0.422 e. The zero-order valence-corrected chi connectivity index (χ0v) is 15.8. The Balaban J connectivity index is 0.00000288. The Hall–Kier alpha value is -1.26. The first-order valence-corrected chi connectivity index (χ1v) is 7.53. The molecule has 1 aromatic heterocycles. The van der Waals surface area contributed by atoms with Crippen molar-refractivity contribution in [3.05, 3.63) is 23.9 Å². The molecule has 1 aliphatic rings. The number of aliphatic imine (C=N–C) groups is 1. The minimum absolute atomic E-state index is 0. The minimum atomic E-state index is -4.37. The molecular weight excluding hydrogens is 436 g/mol. The fourth-order valence-corrected chi connectivity index (χ4v) is 2.42. The van der Waals surface area contributed by atoms with Crippen molar-refractivity contribution >= 4 is 29.9 Å². The van der Waals surface area contributed by atoms with Crippen molar-refractivity contribution in [2.45, 2.75) is 32.5 Å². The Morgan fingerprint density at radius 2 is 2.21 bits per heavy atom. The second-order valence-electron chi connectivity index (χ2n) is 5.78. The van der Waals surface area contributed by atoms with E-state index in [0.717, 1.165) is 25.1 Å². The van der Waals surface area contributed by atoms with Crippen LogP contribution in [-0.2, 0) is 6.54 Å². The average Bonchev–Trinajstić information content (AvgIpc) is 2.51. The summed E-state index contributed by atoms with van der Waals surface area (Å²) in [5.74, 6) is 1.03. The van der Waals surface area contributed by atoms with Crippen LogP contribution < -0.4 is 10.5 Å². The van der Waals surface area contributed by atoms with Gasteiger partial charge in [0.1, 0.15) is 0 Å². The summed E-state index contributed by atoms with van der Waals surface area (Å²) in [7, 11) is 0. The van der Waals surface area contributed by atoms with E-state index in [1.165, 1.54) is 18.7 Å². The third-order valence-electron chi connectivity index (χ3n) is 3.59. The lowest BCUT2D eigenvalue weighted by Gasteiger charge is -2.31. The molecule has 5 nitrogen and oxygen atoms in total. The molecule has 1 saturated heterocycles. The topological polar surface area (TPSA) is 63.7 Å². The SMILES string of the molecule is CC1CCCN(C(N)=NCc2ccc(OCC(F)(F)F)nc2)C1.I. The number of hydrogen-bond acceptors (Lipinski definition) is 3. The zero-order chi connectivity index (χ0) is 16.9. The van der Waals surface area contributed by atoms with Crippen molar-refractivity contribution in [2.75, 3.05) is 19.7 Å². The molecule has 1 atom stereocenters. The van der Waals surface area contributed by atoms with Gasteiger partial charge in [-0.15, -0.1) is 24.0 Å². The van der Waals surface area contributed by atoms with Gasteiger partial charge in [-0.3, -0.25) is 0 Å². The second kappa shape index (κ2) is 9.28. The summed E-state index contributed by atoms with van der Waals surface area (Å²) in [6.07, 6.45) is -0.622. The van der Waals surface area contributed by atoms with E-state index in [1.807, 2.05) is 0 Å². The number of piperidine rings is 1. The van der Waals surface area contributed by atoms with E-state index in [9.17, 15) is 13.2 Å². The molecule has 2 rings (SSSR count). The van der Waals surface area contributed by atoms with Gasteiger partial charge in [-0.25, -0.2) is 9.98 Å². The van der Waals surface area contributed by atoms with Crippen molar-refractivity contribution in [3.63, 3.8) is 0 Å². The van der Waals surface area contributed by atoms with E-state index in [1.54, 1.807) is 6.07 Å². The number of hydrogen-bond donors (Lipinski definition) is 1. The van der Waals surface area contributed by atoms with Gasteiger partial charge >= 0.3 is 6.18 Å². The molecule has 0 saturated carbocycles. The molecule has 1 unspecified atom stereocenters. The molecule has 1 aromatic rings. The molecule has 2 heterocycles. The van der Waals surface area contributed by atoms with Crippen LogP contribution in [0.5, 0.6) is 5.88 Å². The summed E-state index contributed by atoms with van der Waals surface area (Å²) in [6, 6.07) is 3.03. The van der Waals surface area contributed by atoms with Crippen molar-refractivity contribution in [3.8, 4) is 5.88 Å². The molecule has 9 heteroatoms. The molecule has 1 aliphatic heterocycles. The Bertz CT molecular complexity index is 537. The molecule has 0 aliphatic carbocycles. The maximum atomic E-state index is 12.0. The van der Waals surface area contributed by atoms with Crippen molar-refractivity contribution in [1.82, 2.24) is 9.88 Å². The maximum absolute atomic E-state index is 12.0. The summed E-state index contributed by atoms with van der Waals surface area (Å²) in [5.41, 5.74) is 6.75. The lowest BCUT2D eigenvalue weighted by molar-refractivity contribution is -0.154. The van der Waals surface area contributed by atoms with Gasteiger partial charge in [0.25, 0.3) is 0 Å². The summed E-state index contributed by atoms with van der Waals surface area (Å²) in [6.45, 7) is 2.98. The Labute approximate surface area is 156 Å². The number of guanidine groups is 1. The highest BCUT2D eigenvalue weighted by molar-refractivity contribution is 14.0. The zero-order valence-electron chi connectivity index (χ0n) is 13.4. The second-order valence-corrected chi connectivity index (χ2v) is 5.78. The third kappa shape index (κ3) is 7.10. The van der Waals surface area contributed by atoms with Crippen LogP contribution in [0, 0.1) is 5.92 Å². The molecule has 24 heavy (non-hydrogen) atoms. The van der Waals surface area contributed by atoms with E-state index in [-0.39, 0.29) is 29.9 Å². The number of aromatic nitrogens is 1. The quantitative estimate of drug-likeness (QED) is 0.428. The number of likely N-dealkylation sites (tertiary alicyclic amines) is 1. The van der Waals surface area contributed by atoms with Gasteiger partial charge in [0, 0.05) is 25.4 Å². The van der Waals surface area contributed by atoms with Gasteiger partial charge < -0.3 is 15.4 Å². The first-order valence-electron chi connectivity index (χ1n) is 7.53. The highest BCUT2D eigenvalue weighted by atomic mass is 127. The summed E-state index contributed by atoms with van der Waals surface area (Å²) in [4.78, 5) is 10.2. The fraction of sp³-hybridized carbons (Fsp3) is 0.600. The van der Waals surface area contributed by atoms with Crippen LogP contribution in [0.15, 0.2) is 23.3 Å². The predicted molar refractivity (Wildman–Crippen MR) is 96.5 cm³/mol. The summed E-state index contributed by atoms with van der Waals surface area (Å²) >= 11 is 0. The summed E-state index contributed by atoms with van der Waals surface area (Å²) in [5, 5.41) is 0. The standard InChI is InChI=1S/C15H21F3N4O.HI/c1-11-3-2-6-22(9-11)14(19)21-8-12-4-5-13(20-7-12)23-10-15(16,17)18;/h4-5,7,11H,2-3,6,8-10H2,1H3,(H2,19,21);1H. The van der Waals surface area contributed by atoms with Crippen molar-refractivity contribution in [1.29, 1.82) is 0 Å². The Morgan fingerprint density at radius 1 is 1.46 bits per heavy atom. The largest absolute Gasteiger partial charge is 0.468 e. The molecule has 0 spiro atoms. The molecule has 0 radical (unpaired) electrons. The number of ether oxygens (including phenoxy) is 1. The normalized spacial score (nSPS) is 18.9. The van der Waals surface area contributed by atoms with Crippen molar-refractivity contribution in [2.24, 2.45) is 16.6 Å². The van der Waals surface area contributed by atoms with Crippen LogP contribution in [0.25, 0.3) is 0 Å². The number of halogens is 4. The lowest BCUT2D eigenvalue weighted by Crippen LogP contribution is -2.43. The number of alkyl halides is 3. The third-order valence-corrected chi connectivity index (χ3v) is 3.59. The van der Waals surface area contributed by atoms with E-state index < -0.39 is 12.8 Å². The van der Waals surface area contributed by atoms with Gasteiger partial charge in [-0.05, 0) is 24.3 Å².